The second kappa shape index (κ2) is 2.73. The van der Waals surface area contributed by atoms with Gasteiger partial charge in [0.1, 0.15) is 0 Å². The Balaban J connectivity index is 1.65. The molecule has 7 rings (SSSR count). The monoisotopic (exact) mass is 232 g/mol. The van der Waals surface area contributed by atoms with Crippen LogP contribution < -0.4 is 0 Å². The Labute approximate surface area is 102 Å². The number of hydrogen-bond acceptors (Lipinski definition) is 1. The lowest BCUT2D eigenvalue weighted by Gasteiger charge is -2.71. The first-order valence-electron chi connectivity index (χ1n) is 7.47. The maximum absolute atomic E-state index is 11.6. The van der Waals surface area contributed by atoms with Crippen molar-refractivity contribution >= 4 is 5.97 Å². The summed E-state index contributed by atoms with van der Waals surface area (Å²) in [5.74, 6) is 6.19. The van der Waals surface area contributed by atoms with Gasteiger partial charge in [-0.25, -0.2) is 0 Å². The van der Waals surface area contributed by atoms with Crippen LogP contribution in [0.3, 0.4) is 0 Å². The number of rotatable bonds is 1. The second-order valence-corrected chi connectivity index (χ2v) is 7.57. The number of carbonyl (C=O) groups is 1. The normalized spacial score (nSPS) is 65.5. The maximum atomic E-state index is 11.6. The van der Waals surface area contributed by atoms with E-state index in [2.05, 4.69) is 0 Å². The minimum atomic E-state index is -0.468. The van der Waals surface area contributed by atoms with E-state index in [1.165, 1.54) is 32.1 Å². The van der Waals surface area contributed by atoms with E-state index in [0.717, 1.165) is 35.5 Å². The molecule has 0 spiro atoms. The highest BCUT2D eigenvalue weighted by Gasteiger charge is 2.67. The van der Waals surface area contributed by atoms with Crippen LogP contribution in [0, 0.1) is 53.3 Å². The van der Waals surface area contributed by atoms with Crippen LogP contribution in [0.5, 0.6) is 0 Å². The van der Waals surface area contributed by atoms with Gasteiger partial charge in [-0.05, 0) is 79.4 Å². The molecule has 0 aromatic heterocycles. The highest BCUT2D eigenvalue weighted by molar-refractivity contribution is 5.71. The van der Waals surface area contributed by atoms with Crippen molar-refractivity contribution in [1.82, 2.24) is 0 Å². The SMILES string of the molecule is O=C(O)[C@H]1C2C[C@@H]3C4CC5C[C@@H]3C1[C@H](C5)[C@H]4C2. The molecule has 2 nitrogen and oxygen atoms in total. The lowest BCUT2D eigenvalue weighted by atomic mass is 9.33. The molecular formula is C15H20O2. The van der Waals surface area contributed by atoms with Crippen LogP contribution in [0.25, 0.3) is 0 Å². The third kappa shape index (κ3) is 0.912. The van der Waals surface area contributed by atoms with Crippen molar-refractivity contribution in [3.63, 3.8) is 0 Å². The standard InChI is InChI=1S/C15H20O2/c16-15(17)13-7-4-9-8-1-6-2-11(9)14(13)12(3-6)10(8)5-7/h6-14H,1-5H2,(H,16,17)/t6?,7?,8?,9-,10+,11+,12-,13-,14?/m0/s1. The summed E-state index contributed by atoms with van der Waals surface area (Å²) in [7, 11) is 0. The molecule has 9 atom stereocenters. The van der Waals surface area contributed by atoms with Gasteiger partial charge in [-0.15, -0.1) is 0 Å². The van der Waals surface area contributed by atoms with Gasteiger partial charge in [0.15, 0.2) is 0 Å². The van der Waals surface area contributed by atoms with Crippen molar-refractivity contribution in [2.75, 3.05) is 0 Å². The zero-order chi connectivity index (χ0) is 11.3. The Morgan fingerprint density at radius 3 is 1.94 bits per heavy atom. The molecule has 17 heavy (non-hydrogen) atoms. The number of hydrogen-bond donors (Lipinski definition) is 1. The lowest BCUT2D eigenvalue weighted by Crippen LogP contribution is -2.66. The highest BCUT2D eigenvalue weighted by Crippen LogP contribution is 2.72. The zero-order valence-corrected chi connectivity index (χ0v) is 10.1. The quantitative estimate of drug-likeness (QED) is 0.754. The summed E-state index contributed by atoms with van der Waals surface area (Å²) in [6.45, 7) is 0. The van der Waals surface area contributed by atoms with E-state index in [9.17, 15) is 9.90 Å². The Bertz CT molecular complexity index is 380. The molecule has 92 valence electrons. The summed E-state index contributed by atoms with van der Waals surface area (Å²) in [5.41, 5.74) is 0. The minimum Gasteiger partial charge on any atom is -0.481 e. The molecule has 0 aliphatic heterocycles. The fourth-order valence-corrected chi connectivity index (χ4v) is 7.30. The maximum Gasteiger partial charge on any atom is 0.307 e. The Kier molecular flexibility index (Phi) is 1.51. The van der Waals surface area contributed by atoms with Crippen molar-refractivity contribution in [1.29, 1.82) is 0 Å². The zero-order valence-electron chi connectivity index (χ0n) is 10.1. The summed E-state index contributed by atoms with van der Waals surface area (Å²) in [6.07, 6.45) is 6.79. The molecule has 7 saturated carbocycles. The lowest BCUT2D eigenvalue weighted by molar-refractivity contribution is -0.233. The highest BCUT2D eigenvalue weighted by atomic mass is 16.4. The van der Waals surface area contributed by atoms with Crippen molar-refractivity contribution in [3.05, 3.63) is 0 Å². The number of carboxylic acid groups (broad SMARTS) is 1. The Hall–Kier alpha value is -0.530. The van der Waals surface area contributed by atoms with E-state index >= 15 is 0 Å². The van der Waals surface area contributed by atoms with E-state index in [4.69, 9.17) is 0 Å². The molecule has 7 aliphatic carbocycles. The van der Waals surface area contributed by atoms with E-state index in [0.29, 0.717) is 11.8 Å². The summed E-state index contributed by atoms with van der Waals surface area (Å²) >= 11 is 0. The second-order valence-electron chi connectivity index (χ2n) is 7.57. The third-order valence-corrected chi connectivity index (χ3v) is 7.36. The van der Waals surface area contributed by atoms with Crippen LogP contribution >= 0.6 is 0 Å². The fourth-order valence-electron chi connectivity index (χ4n) is 7.30. The van der Waals surface area contributed by atoms with Gasteiger partial charge in [0.25, 0.3) is 0 Å². The van der Waals surface area contributed by atoms with E-state index in [1.807, 2.05) is 0 Å². The minimum absolute atomic E-state index is 0.0394. The van der Waals surface area contributed by atoms with Crippen LogP contribution in [-0.2, 0) is 4.79 Å². The summed E-state index contributed by atoms with van der Waals surface area (Å²) in [5, 5.41) is 9.58. The molecule has 0 aromatic rings. The van der Waals surface area contributed by atoms with E-state index in [1.54, 1.807) is 0 Å². The largest absolute Gasteiger partial charge is 0.481 e. The van der Waals surface area contributed by atoms with Crippen molar-refractivity contribution in [3.8, 4) is 0 Å². The molecule has 7 fully saturated rings. The van der Waals surface area contributed by atoms with E-state index < -0.39 is 5.97 Å². The fraction of sp³-hybridized carbons (Fsp3) is 0.933. The van der Waals surface area contributed by atoms with Crippen molar-refractivity contribution < 1.29 is 9.90 Å². The Morgan fingerprint density at radius 1 is 0.824 bits per heavy atom. The molecule has 0 radical (unpaired) electrons. The molecule has 0 aromatic carbocycles. The third-order valence-electron chi connectivity index (χ3n) is 7.36. The van der Waals surface area contributed by atoms with Crippen molar-refractivity contribution in [2.45, 2.75) is 32.1 Å². The first-order valence-corrected chi connectivity index (χ1v) is 7.47. The van der Waals surface area contributed by atoms with Crippen LogP contribution in [-0.4, -0.2) is 11.1 Å². The molecule has 4 unspecified atom stereocenters. The smallest absolute Gasteiger partial charge is 0.307 e. The summed E-state index contributed by atoms with van der Waals surface area (Å²) < 4.78 is 0. The van der Waals surface area contributed by atoms with Gasteiger partial charge in [0.05, 0.1) is 5.92 Å². The first kappa shape index (κ1) is 9.41. The van der Waals surface area contributed by atoms with Gasteiger partial charge >= 0.3 is 5.97 Å². The predicted octanol–water partition coefficient (Wildman–Crippen LogP) is 2.64. The van der Waals surface area contributed by atoms with E-state index in [-0.39, 0.29) is 5.92 Å². The van der Waals surface area contributed by atoms with Crippen LogP contribution in [0.1, 0.15) is 32.1 Å². The van der Waals surface area contributed by atoms with Gasteiger partial charge in [-0.3, -0.25) is 4.79 Å². The molecule has 8 bridgehead atoms. The molecule has 0 heterocycles. The van der Waals surface area contributed by atoms with Gasteiger partial charge in [0.2, 0.25) is 0 Å². The molecule has 0 saturated heterocycles. The number of carboxylic acids is 1. The average Bonchev–Trinajstić information content (AvgIpc) is 2.33. The topological polar surface area (TPSA) is 37.3 Å². The predicted molar refractivity (Wildman–Crippen MR) is 62.1 cm³/mol. The van der Waals surface area contributed by atoms with Gasteiger partial charge in [0, 0.05) is 0 Å². The van der Waals surface area contributed by atoms with Gasteiger partial charge in [-0.1, -0.05) is 0 Å². The van der Waals surface area contributed by atoms with Crippen LogP contribution in [0.2, 0.25) is 0 Å². The molecular weight excluding hydrogens is 212 g/mol. The molecule has 1 N–H and O–H groups in total. The first-order chi connectivity index (χ1) is 8.24. The van der Waals surface area contributed by atoms with Crippen molar-refractivity contribution in [2.24, 2.45) is 53.3 Å². The van der Waals surface area contributed by atoms with Crippen LogP contribution in [0.4, 0.5) is 0 Å². The summed E-state index contributed by atoms with van der Waals surface area (Å²) in [4.78, 5) is 11.6. The summed E-state index contributed by atoms with van der Waals surface area (Å²) in [6, 6.07) is 0. The van der Waals surface area contributed by atoms with Gasteiger partial charge < -0.3 is 5.11 Å². The molecule has 2 heteroatoms. The Morgan fingerprint density at radius 2 is 1.35 bits per heavy atom. The molecule has 7 aliphatic rings. The average molecular weight is 232 g/mol. The number of aliphatic carboxylic acids is 1. The van der Waals surface area contributed by atoms with Gasteiger partial charge in [-0.2, -0.15) is 0 Å². The van der Waals surface area contributed by atoms with Crippen LogP contribution in [0.15, 0.2) is 0 Å². The molecule has 0 amide bonds.